The third-order valence-corrected chi connectivity index (χ3v) is 15.6. The number of hydrogen-bond donors (Lipinski definition) is 2. The van der Waals surface area contributed by atoms with Gasteiger partial charge in [0.05, 0.1) is 86.2 Å². The van der Waals surface area contributed by atoms with E-state index in [0.29, 0.717) is 114 Å². The smallest absolute Gasteiger partial charge is 0.343 e. The number of carbonyl (C=O) groups excluding carboxylic acids is 10. The second kappa shape index (κ2) is 48.2. The Morgan fingerprint density at radius 1 is 0.264 bits per heavy atom. The lowest BCUT2D eigenvalue weighted by molar-refractivity contribution is -0.138. The molecule has 562 valence electrons. The molecule has 0 unspecified atom stereocenters. The Morgan fingerprint density at radius 2 is 0.491 bits per heavy atom. The van der Waals surface area contributed by atoms with Crippen LogP contribution in [0, 0.1) is 0 Å². The Labute approximate surface area is 617 Å². The third-order valence-electron chi connectivity index (χ3n) is 15.6. The van der Waals surface area contributed by atoms with Crippen molar-refractivity contribution in [1.29, 1.82) is 0 Å². The van der Waals surface area contributed by atoms with Crippen LogP contribution < -0.4 is 48.5 Å². The summed E-state index contributed by atoms with van der Waals surface area (Å²) in [6.45, 7) is 16.6. The minimum atomic E-state index is -0.796. The second-order valence-corrected chi connectivity index (χ2v) is 23.7. The molecular formula is C82H92N2O22. The van der Waals surface area contributed by atoms with Crippen LogP contribution in [0.1, 0.15) is 178 Å². The van der Waals surface area contributed by atoms with E-state index in [1.807, 2.05) is 0 Å². The summed E-state index contributed by atoms with van der Waals surface area (Å²) in [7, 11) is 0. The molecule has 0 aliphatic carbocycles. The van der Waals surface area contributed by atoms with Gasteiger partial charge in [0.15, 0.2) is 0 Å². The third kappa shape index (κ3) is 31.8. The SMILES string of the molecule is C=CC(=O)OCCCCCCOc1ccc(C(=O)Oc2ccc(OC(=O)c3ccc(OCCCCCCOC(=O)C=C)cc3)c(C(=O)NCCCCNC(=O)c3cc(OC(=O)c4ccc(OCCCCCCOC(=O)C=C)cc4)ccc3OC(=O)c3ccc(OCCCCCCOC(=O)C=C)cc3)c2)cc1. The summed E-state index contributed by atoms with van der Waals surface area (Å²) < 4.78 is 66.5. The fourth-order valence-corrected chi connectivity index (χ4v) is 9.84. The van der Waals surface area contributed by atoms with Crippen LogP contribution in [-0.4, -0.2) is 126 Å². The summed E-state index contributed by atoms with van der Waals surface area (Å²) in [5.74, 6) is -4.57. The van der Waals surface area contributed by atoms with Crippen LogP contribution in [0.4, 0.5) is 0 Å². The average molecular weight is 1460 g/mol. The van der Waals surface area contributed by atoms with Crippen LogP contribution in [-0.2, 0) is 38.1 Å². The van der Waals surface area contributed by atoms with E-state index in [9.17, 15) is 47.9 Å². The van der Waals surface area contributed by atoms with Crippen molar-refractivity contribution in [2.24, 2.45) is 0 Å². The monoisotopic (exact) mass is 1460 g/mol. The van der Waals surface area contributed by atoms with Gasteiger partial charge in [0.2, 0.25) is 0 Å². The predicted octanol–water partition coefficient (Wildman–Crippen LogP) is 14.2. The highest BCUT2D eigenvalue weighted by atomic mass is 16.6. The number of unbranched alkanes of at least 4 members (excludes halogenated alkanes) is 13. The highest BCUT2D eigenvalue weighted by Gasteiger charge is 2.23. The van der Waals surface area contributed by atoms with Gasteiger partial charge in [0.25, 0.3) is 11.8 Å². The molecule has 0 aliphatic rings. The molecule has 6 aromatic carbocycles. The van der Waals surface area contributed by atoms with Crippen LogP contribution >= 0.6 is 0 Å². The van der Waals surface area contributed by atoms with Gasteiger partial charge in [-0.3, -0.25) is 9.59 Å². The number of hydrogen-bond acceptors (Lipinski definition) is 22. The molecule has 2 N–H and O–H groups in total. The number of rotatable bonds is 51. The van der Waals surface area contributed by atoms with Gasteiger partial charge in [-0.15, -0.1) is 0 Å². The van der Waals surface area contributed by atoms with Crippen LogP contribution in [0.15, 0.2) is 184 Å². The number of amides is 2. The molecule has 0 saturated carbocycles. The van der Waals surface area contributed by atoms with Crippen molar-refractivity contribution >= 4 is 59.6 Å². The molecular weight excluding hydrogens is 1360 g/mol. The van der Waals surface area contributed by atoms with Gasteiger partial charge in [-0.05, 0) is 249 Å². The second-order valence-electron chi connectivity index (χ2n) is 23.7. The first-order valence-electron chi connectivity index (χ1n) is 35.4. The lowest BCUT2D eigenvalue weighted by atomic mass is 10.1. The van der Waals surface area contributed by atoms with E-state index in [1.165, 1.54) is 84.9 Å². The Morgan fingerprint density at radius 3 is 0.736 bits per heavy atom. The molecule has 0 fully saturated rings. The van der Waals surface area contributed by atoms with E-state index < -0.39 is 59.6 Å². The zero-order valence-electron chi connectivity index (χ0n) is 59.6. The number of esters is 8. The minimum absolute atomic E-state index is 0.0357. The summed E-state index contributed by atoms with van der Waals surface area (Å²) in [5.41, 5.74) is 0.382. The Kier molecular flexibility index (Phi) is 37.8. The van der Waals surface area contributed by atoms with Gasteiger partial charge in [-0.2, -0.15) is 0 Å². The summed E-state index contributed by atoms with van der Waals surface area (Å²) in [5, 5.41) is 5.63. The van der Waals surface area contributed by atoms with E-state index in [2.05, 4.69) is 36.9 Å². The van der Waals surface area contributed by atoms with Gasteiger partial charge in [0, 0.05) is 37.4 Å². The van der Waals surface area contributed by atoms with Crippen LogP contribution in [0.3, 0.4) is 0 Å². The minimum Gasteiger partial charge on any atom is -0.494 e. The molecule has 0 aromatic heterocycles. The van der Waals surface area contributed by atoms with Crippen molar-refractivity contribution in [2.45, 2.75) is 116 Å². The summed E-state index contributed by atoms with van der Waals surface area (Å²) in [4.78, 5) is 128. The van der Waals surface area contributed by atoms with Crippen LogP contribution in [0.5, 0.6) is 46.0 Å². The highest BCUT2D eigenvalue weighted by molar-refractivity contribution is 6.01. The normalized spacial score (nSPS) is 10.5. The van der Waals surface area contributed by atoms with Crippen molar-refractivity contribution in [1.82, 2.24) is 10.6 Å². The summed E-state index contributed by atoms with van der Waals surface area (Å²) >= 11 is 0. The maximum atomic E-state index is 14.1. The molecule has 106 heavy (non-hydrogen) atoms. The number of nitrogens with one attached hydrogen (secondary N) is 2. The topological polar surface area (TPSA) is 306 Å². The predicted molar refractivity (Wildman–Crippen MR) is 393 cm³/mol. The largest absolute Gasteiger partial charge is 0.494 e. The molecule has 0 spiro atoms. The standard InChI is InChI=1S/C82H92N2O22/c1-5-73(85)99-53-23-13-9-19-49-95-63-35-27-59(28-36-63)79(91)103-67-43-45-71(105-81(93)61-31-39-65(40-32-61)97-51-21-11-15-25-55-101-75(87)7-3)69(57-67)77(89)83-47-17-18-48-84-78(90)70-58-68(104-80(92)60-29-37-64(38-30-60)96-50-20-10-14-24-54-100-74(86)6-2)44-46-72(70)106-82(94)62-33-41-66(42-34-62)98-52-22-12-16-26-56-102-76(88)8-4/h5-8,27-46,57-58H,1-4,9-26,47-56H2,(H,83,89)(H,84,90). The summed E-state index contributed by atoms with van der Waals surface area (Å²) in [6, 6.07) is 33.2. The molecule has 0 aliphatic heterocycles. The first kappa shape index (κ1) is 83.1. The van der Waals surface area contributed by atoms with E-state index in [1.54, 1.807) is 48.5 Å². The quantitative estimate of drug-likeness (QED) is 0.0118. The first-order chi connectivity index (χ1) is 51.5. The van der Waals surface area contributed by atoms with Crippen molar-refractivity contribution in [3.05, 3.63) is 217 Å². The van der Waals surface area contributed by atoms with Gasteiger partial charge in [-0.1, -0.05) is 26.3 Å². The molecule has 6 aromatic rings. The molecule has 2 amide bonds. The molecule has 24 nitrogen and oxygen atoms in total. The van der Waals surface area contributed by atoms with Crippen molar-refractivity contribution < 1.29 is 105 Å². The summed E-state index contributed by atoms with van der Waals surface area (Å²) in [6.07, 6.45) is 17.7. The Hall–Kier alpha value is -11.8. The average Bonchev–Trinajstić information content (AvgIpc) is 0.786. The molecule has 0 radical (unpaired) electrons. The lowest BCUT2D eigenvalue weighted by Crippen LogP contribution is -2.28. The molecule has 0 atom stereocenters. The molecule has 0 heterocycles. The van der Waals surface area contributed by atoms with E-state index in [4.69, 9.17) is 56.8 Å². The maximum Gasteiger partial charge on any atom is 0.343 e. The molecule has 6 rings (SSSR count). The van der Waals surface area contributed by atoms with Crippen molar-refractivity contribution in [3.63, 3.8) is 0 Å². The van der Waals surface area contributed by atoms with Gasteiger partial charge in [-0.25, -0.2) is 38.4 Å². The highest BCUT2D eigenvalue weighted by Crippen LogP contribution is 2.30. The van der Waals surface area contributed by atoms with E-state index in [-0.39, 0.29) is 69.5 Å². The fraction of sp³-hybridized carbons (Fsp3) is 0.341. The van der Waals surface area contributed by atoms with Gasteiger partial charge in [0.1, 0.15) is 46.0 Å². The zero-order chi connectivity index (χ0) is 75.9. The first-order valence-corrected chi connectivity index (χ1v) is 35.4. The number of benzene rings is 6. The number of ether oxygens (including phenoxy) is 12. The van der Waals surface area contributed by atoms with Crippen molar-refractivity contribution in [3.8, 4) is 46.0 Å². The van der Waals surface area contributed by atoms with E-state index >= 15 is 0 Å². The molecule has 0 saturated heterocycles. The van der Waals surface area contributed by atoms with Crippen LogP contribution in [0.25, 0.3) is 0 Å². The van der Waals surface area contributed by atoms with Gasteiger partial charge < -0.3 is 67.5 Å². The van der Waals surface area contributed by atoms with Gasteiger partial charge >= 0.3 is 47.8 Å². The fourth-order valence-electron chi connectivity index (χ4n) is 9.84. The maximum absolute atomic E-state index is 14.1. The Bertz CT molecular complexity index is 3620. The van der Waals surface area contributed by atoms with Crippen LogP contribution in [0.2, 0.25) is 0 Å². The number of carbonyl (C=O) groups is 10. The zero-order valence-corrected chi connectivity index (χ0v) is 59.6. The molecule has 24 heteroatoms. The van der Waals surface area contributed by atoms with E-state index in [0.717, 1.165) is 101 Å². The Balaban J connectivity index is 1.07. The van der Waals surface area contributed by atoms with Crippen molar-refractivity contribution in [2.75, 3.05) is 65.9 Å². The molecule has 0 bridgehead atoms. The lowest BCUT2D eigenvalue weighted by Gasteiger charge is -2.14.